The van der Waals surface area contributed by atoms with Gasteiger partial charge in [0.25, 0.3) is 0 Å². The van der Waals surface area contributed by atoms with Crippen molar-refractivity contribution in [2.45, 2.75) is 13.1 Å². The normalized spacial score (nSPS) is 17.0. The molecule has 122 valence electrons. The molecule has 0 bridgehead atoms. The fourth-order valence-corrected chi connectivity index (χ4v) is 3.48. The number of benzene rings is 2. The van der Waals surface area contributed by atoms with E-state index in [1.807, 2.05) is 24.3 Å². The number of rotatable bonds is 2. The van der Waals surface area contributed by atoms with Crippen LogP contribution in [0, 0.1) is 0 Å². The summed E-state index contributed by atoms with van der Waals surface area (Å²) in [5, 5.41) is 2.68. The molecule has 0 saturated carbocycles. The van der Waals surface area contributed by atoms with Gasteiger partial charge >= 0.3 is 6.03 Å². The lowest BCUT2D eigenvalue weighted by Gasteiger charge is -2.22. The van der Waals surface area contributed by atoms with Gasteiger partial charge in [0.15, 0.2) is 0 Å². The molecule has 24 heavy (non-hydrogen) atoms. The summed E-state index contributed by atoms with van der Waals surface area (Å²) in [6.45, 7) is 2.64. The molecule has 0 radical (unpaired) electrons. The number of urea groups is 1. The topological polar surface area (TPSA) is 52.7 Å². The molecule has 2 aliphatic rings. The molecule has 2 aliphatic heterocycles. The summed E-state index contributed by atoms with van der Waals surface area (Å²) >= 11 is 0. The third-order valence-corrected chi connectivity index (χ3v) is 4.63. The van der Waals surface area contributed by atoms with Crippen LogP contribution in [0.4, 0.5) is 4.79 Å². The maximum atomic E-state index is 12.5. The number of hydrogen-bond acceptors (Lipinski definition) is 3. The summed E-state index contributed by atoms with van der Waals surface area (Å²) in [4.78, 5) is 27.6. The zero-order valence-electron chi connectivity index (χ0n) is 13.4. The number of amides is 3. The van der Waals surface area contributed by atoms with E-state index in [-0.39, 0.29) is 18.5 Å². The number of imide groups is 1. The minimum atomic E-state index is -0.282. The van der Waals surface area contributed by atoms with E-state index in [9.17, 15) is 9.59 Å². The second kappa shape index (κ2) is 6.09. The van der Waals surface area contributed by atoms with E-state index in [0.717, 1.165) is 0 Å². The van der Waals surface area contributed by atoms with E-state index in [2.05, 4.69) is 34.5 Å². The summed E-state index contributed by atoms with van der Waals surface area (Å²) < 4.78 is 0. The van der Waals surface area contributed by atoms with Crippen LogP contribution in [0.1, 0.15) is 11.1 Å². The van der Waals surface area contributed by atoms with E-state index < -0.39 is 0 Å². The lowest BCUT2D eigenvalue weighted by atomic mass is 9.97. The molecule has 2 heterocycles. The van der Waals surface area contributed by atoms with E-state index >= 15 is 0 Å². The number of carbonyl (C=O) groups excluding carboxylic acids is 2. The van der Waals surface area contributed by atoms with Crippen molar-refractivity contribution in [3.05, 3.63) is 59.7 Å². The maximum Gasteiger partial charge on any atom is 0.324 e. The van der Waals surface area contributed by atoms with Crippen LogP contribution in [0.15, 0.2) is 48.5 Å². The fourth-order valence-electron chi connectivity index (χ4n) is 3.48. The summed E-state index contributed by atoms with van der Waals surface area (Å²) in [7, 11) is 0. The molecular weight excluding hydrogens is 302 g/mol. The SMILES string of the molecule is O=C(CN1Cc2ccccc2-c2ccccc2C1)N1CCNC1=O. The third-order valence-electron chi connectivity index (χ3n) is 4.63. The molecule has 1 N–H and O–H groups in total. The van der Waals surface area contributed by atoms with E-state index in [1.165, 1.54) is 27.2 Å². The van der Waals surface area contributed by atoms with Crippen LogP contribution in [0.25, 0.3) is 11.1 Å². The zero-order chi connectivity index (χ0) is 16.5. The van der Waals surface area contributed by atoms with Crippen LogP contribution < -0.4 is 5.32 Å². The molecule has 0 spiro atoms. The van der Waals surface area contributed by atoms with Crippen molar-refractivity contribution in [1.29, 1.82) is 0 Å². The van der Waals surface area contributed by atoms with E-state index in [4.69, 9.17) is 0 Å². The molecule has 1 fully saturated rings. The number of nitrogens with zero attached hydrogens (tertiary/aromatic N) is 2. The molecule has 5 nitrogen and oxygen atoms in total. The highest BCUT2D eigenvalue weighted by molar-refractivity contribution is 5.96. The molecule has 5 heteroatoms. The number of fused-ring (bicyclic) bond motifs is 3. The molecule has 3 amide bonds. The second-order valence-electron chi connectivity index (χ2n) is 6.24. The van der Waals surface area contributed by atoms with Gasteiger partial charge in [-0.1, -0.05) is 48.5 Å². The van der Waals surface area contributed by atoms with Gasteiger partial charge in [0, 0.05) is 26.2 Å². The maximum absolute atomic E-state index is 12.5. The van der Waals surface area contributed by atoms with Crippen LogP contribution >= 0.6 is 0 Å². The van der Waals surface area contributed by atoms with E-state index in [1.54, 1.807) is 0 Å². The summed E-state index contributed by atoms with van der Waals surface area (Å²) in [5.74, 6) is -0.137. The van der Waals surface area contributed by atoms with Crippen molar-refractivity contribution in [1.82, 2.24) is 15.1 Å². The van der Waals surface area contributed by atoms with Gasteiger partial charge in [-0.15, -0.1) is 0 Å². The molecule has 2 aromatic carbocycles. The molecule has 4 rings (SSSR count). The van der Waals surface area contributed by atoms with Crippen molar-refractivity contribution in [2.24, 2.45) is 0 Å². The van der Waals surface area contributed by atoms with Gasteiger partial charge in [-0.05, 0) is 22.3 Å². The lowest BCUT2D eigenvalue weighted by molar-refractivity contribution is -0.129. The quantitative estimate of drug-likeness (QED) is 0.923. The van der Waals surface area contributed by atoms with Gasteiger partial charge in [0.1, 0.15) is 0 Å². The first kappa shape index (κ1) is 14.9. The van der Waals surface area contributed by atoms with Gasteiger partial charge in [0.2, 0.25) is 5.91 Å². The van der Waals surface area contributed by atoms with Crippen molar-refractivity contribution in [3.63, 3.8) is 0 Å². The molecule has 0 aromatic heterocycles. The molecule has 2 aromatic rings. The first-order valence-electron chi connectivity index (χ1n) is 8.19. The van der Waals surface area contributed by atoms with Crippen LogP contribution in [-0.2, 0) is 17.9 Å². The fraction of sp³-hybridized carbons (Fsp3) is 0.263. The molecule has 0 aliphatic carbocycles. The van der Waals surface area contributed by atoms with Crippen LogP contribution in [0.2, 0.25) is 0 Å². The largest absolute Gasteiger partial charge is 0.336 e. The predicted octanol–water partition coefficient (Wildman–Crippen LogP) is 2.22. The van der Waals surface area contributed by atoms with Gasteiger partial charge in [-0.2, -0.15) is 0 Å². The first-order valence-corrected chi connectivity index (χ1v) is 8.19. The molecule has 0 atom stereocenters. The van der Waals surface area contributed by atoms with Gasteiger partial charge in [0.05, 0.1) is 6.54 Å². The summed E-state index contributed by atoms with van der Waals surface area (Å²) in [6.07, 6.45) is 0. The number of carbonyl (C=O) groups is 2. The zero-order valence-corrected chi connectivity index (χ0v) is 13.4. The minimum Gasteiger partial charge on any atom is -0.336 e. The van der Waals surface area contributed by atoms with Crippen LogP contribution in [0.3, 0.4) is 0 Å². The first-order chi connectivity index (χ1) is 11.7. The van der Waals surface area contributed by atoms with Gasteiger partial charge in [-0.25, -0.2) is 4.79 Å². The highest BCUT2D eigenvalue weighted by Crippen LogP contribution is 2.32. The van der Waals surface area contributed by atoms with E-state index in [0.29, 0.717) is 26.2 Å². The number of hydrogen-bond donors (Lipinski definition) is 1. The Balaban J connectivity index is 1.63. The smallest absolute Gasteiger partial charge is 0.324 e. The third kappa shape index (κ3) is 2.67. The highest BCUT2D eigenvalue weighted by Gasteiger charge is 2.28. The van der Waals surface area contributed by atoms with Gasteiger partial charge in [-0.3, -0.25) is 14.6 Å². The summed E-state index contributed by atoms with van der Waals surface area (Å²) in [5.41, 5.74) is 4.87. The molecule has 0 unspecified atom stereocenters. The molecular formula is C19H19N3O2. The van der Waals surface area contributed by atoms with Crippen LogP contribution in [0.5, 0.6) is 0 Å². The van der Waals surface area contributed by atoms with Crippen molar-refractivity contribution < 1.29 is 9.59 Å². The monoisotopic (exact) mass is 321 g/mol. The Morgan fingerprint density at radius 2 is 1.54 bits per heavy atom. The Bertz CT molecular complexity index is 755. The average Bonchev–Trinajstić information content (AvgIpc) is 2.95. The Kier molecular flexibility index (Phi) is 3.78. The minimum absolute atomic E-state index is 0.137. The van der Waals surface area contributed by atoms with Crippen molar-refractivity contribution in [3.8, 4) is 11.1 Å². The average molecular weight is 321 g/mol. The van der Waals surface area contributed by atoms with Crippen LogP contribution in [-0.4, -0.2) is 41.4 Å². The second-order valence-corrected chi connectivity index (χ2v) is 6.24. The Morgan fingerprint density at radius 1 is 0.958 bits per heavy atom. The Morgan fingerprint density at radius 3 is 2.08 bits per heavy atom. The standard InChI is InChI=1S/C19H19N3O2/c23-18(22-10-9-20-19(22)24)13-21-11-14-5-1-3-7-16(14)17-8-4-2-6-15(17)12-21/h1-8H,9-13H2,(H,20,24). The van der Waals surface area contributed by atoms with Crippen molar-refractivity contribution in [2.75, 3.05) is 19.6 Å². The lowest BCUT2D eigenvalue weighted by Crippen LogP contribution is -2.41. The van der Waals surface area contributed by atoms with Crippen molar-refractivity contribution >= 4 is 11.9 Å². The summed E-state index contributed by atoms with van der Waals surface area (Å²) in [6, 6.07) is 16.4. The Labute approximate surface area is 140 Å². The Hall–Kier alpha value is -2.66. The number of nitrogens with one attached hydrogen (secondary N) is 1. The highest BCUT2D eigenvalue weighted by atomic mass is 16.2. The van der Waals surface area contributed by atoms with Gasteiger partial charge < -0.3 is 5.32 Å². The predicted molar refractivity (Wildman–Crippen MR) is 91.1 cm³/mol. The molecule has 1 saturated heterocycles.